The zero-order valence-corrected chi connectivity index (χ0v) is 22.1. The molecule has 1 aromatic carbocycles. The van der Waals surface area contributed by atoms with Gasteiger partial charge in [-0.15, -0.1) is 10.2 Å². The average Bonchev–Trinajstić information content (AvgIpc) is 3.30. The lowest BCUT2D eigenvalue weighted by molar-refractivity contribution is 0.390. The first-order chi connectivity index (χ1) is 17.8. The molecule has 0 spiro atoms. The van der Waals surface area contributed by atoms with Gasteiger partial charge < -0.3 is 9.47 Å². The Bertz CT molecular complexity index is 1420. The van der Waals surface area contributed by atoms with E-state index in [9.17, 15) is 8.42 Å². The molecule has 0 saturated carbocycles. The molecule has 2 atom stereocenters. The molecule has 12 heteroatoms. The van der Waals surface area contributed by atoms with Gasteiger partial charge in [-0.2, -0.15) is 0 Å². The number of nitrogens with zero attached hydrogens (tertiary/aromatic N) is 6. The highest BCUT2D eigenvalue weighted by Gasteiger charge is 2.29. The summed E-state index contributed by atoms with van der Waals surface area (Å²) in [5.74, 6) is 2.23. The van der Waals surface area contributed by atoms with E-state index in [-0.39, 0.29) is 6.42 Å². The third kappa shape index (κ3) is 5.75. The Morgan fingerprint density at radius 1 is 0.973 bits per heavy atom. The highest BCUT2D eigenvalue weighted by Crippen LogP contribution is 2.37. The number of thiol groups is 1. The first-order valence-corrected chi connectivity index (χ1v) is 12.8. The number of aromatic nitrogens is 6. The van der Waals surface area contributed by atoms with Crippen LogP contribution in [-0.4, -0.2) is 58.4 Å². The molecule has 11 nitrogen and oxygen atoms in total. The molecule has 0 fully saturated rings. The number of hydrogen-bond donors (Lipinski definition) is 2. The molecule has 1 N–H and O–H groups in total. The second-order valence-electron chi connectivity index (χ2n) is 8.64. The average molecular weight is 524 g/mol. The van der Waals surface area contributed by atoms with Gasteiger partial charge in [0.1, 0.15) is 28.8 Å². The molecule has 4 aromatic rings. The molecule has 0 bridgehead atoms. The quantitative estimate of drug-likeness (QED) is 0.301. The topological polar surface area (TPSA) is 134 Å². The number of methoxy groups -OCH3 is 2. The number of ether oxygens (including phenoxy) is 2. The zero-order valence-electron chi connectivity index (χ0n) is 21.2. The van der Waals surface area contributed by atoms with E-state index < -0.39 is 22.8 Å². The van der Waals surface area contributed by atoms with Crippen molar-refractivity contribution in [3.63, 3.8) is 0 Å². The van der Waals surface area contributed by atoms with E-state index in [0.29, 0.717) is 34.7 Å². The van der Waals surface area contributed by atoms with Gasteiger partial charge in [-0.3, -0.25) is 9.55 Å². The maximum atomic E-state index is 11.5. The summed E-state index contributed by atoms with van der Waals surface area (Å²) in [5.41, 5.74) is 3.23. The van der Waals surface area contributed by atoms with Gasteiger partial charge in [0.25, 0.3) is 0 Å². The highest BCUT2D eigenvalue weighted by molar-refractivity contribution is 7.70. The number of nitrogens with one attached hydrogen (secondary N) is 1. The number of para-hydroxylation sites is 1. The Morgan fingerprint density at radius 3 is 2.24 bits per heavy atom. The maximum Gasteiger partial charge on any atom is 0.201 e. The van der Waals surface area contributed by atoms with Crippen LogP contribution in [-0.2, 0) is 17.3 Å². The fourth-order valence-corrected chi connectivity index (χ4v) is 4.65. The number of pyridine rings is 1. The summed E-state index contributed by atoms with van der Waals surface area (Å²) in [5, 5.41) is 9.05. The monoisotopic (exact) mass is 523 g/mol. The lowest BCUT2D eigenvalue weighted by Crippen LogP contribution is -2.33. The molecule has 3 heterocycles. The third-order valence-electron chi connectivity index (χ3n) is 5.94. The van der Waals surface area contributed by atoms with Crippen LogP contribution >= 0.6 is 0 Å². The summed E-state index contributed by atoms with van der Waals surface area (Å²) < 4.78 is 38.9. The van der Waals surface area contributed by atoms with E-state index in [0.717, 1.165) is 16.7 Å². The number of benzene rings is 1. The molecule has 0 aliphatic rings. The minimum atomic E-state index is -2.84. The van der Waals surface area contributed by atoms with Gasteiger partial charge in [0, 0.05) is 48.7 Å². The maximum absolute atomic E-state index is 11.5. The summed E-state index contributed by atoms with van der Waals surface area (Å²) in [4.78, 5) is 13.3. The molecule has 0 aliphatic heterocycles. The van der Waals surface area contributed by atoms with Crippen LogP contribution in [0.15, 0.2) is 49.1 Å². The van der Waals surface area contributed by atoms with Crippen molar-refractivity contribution in [2.75, 3.05) is 14.2 Å². The Kier molecular flexibility index (Phi) is 8.09. The van der Waals surface area contributed by atoms with Crippen molar-refractivity contribution in [3.8, 4) is 28.6 Å². The van der Waals surface area contributed by atoms with E-state index in [1.807, 2.05) is 42.7 Å². The van der Waals surface area contributed by atoms with E-state index in [2.05, 4.69) is 29.9 Å². The van der Waals surface area contributed by atoms with Crippen LogP contribution in [0.3, 0.4) is 0 Å². The molecule has 194 valence electrons. The smallest absolute Gasteiger partial charge is 0.201 e. The summed E-state index contributed by atoms with van der Waals surface area (Å²) in [6, 6.07) is 6.93. The van der Waals surface area contributed by atoms with Crippen molar-refractivity contribution < 1.29 is 17.9 Å². The molecule has 0 aliphatic carbocycles. The van der Waals surface area contributed by atoms with Gasteiger partial charge in [-0.05, 0) is 50.1 Å². The van der Waals surface area contributed by atoms with Crippen LogP contribution in [0.4, 0.5) is 0 Å². The minimum Gasteiger partial charge on any atom is -0.494 e. The fraction of sp³-hybridized carbons (Fsp3) is 0.320. The number of aryl methyl sites for hydroxylation is 2. The van der Waals surface area contributed by atoms with Crippen molar-refractivity contribution in [2.24, 2.45) is 0 Å². The van der Waals surface area contributed by atoms with E-state index in [1.54, 1.807) is 45.9 Å². The first-order valence-electron chi connectivity index (χ1n) is 11.6. The van der Waals surface area contributed by atoms with Crippen molar-refractivity contribution in [1.29, 1.82) is 0 Å². The molecule has 0 radical (unpaired) electrons. The van der Waals surface area contributed by atoms with Gasteiger partial charge >= 0.3 is 0 Å². The summed E-state index contributed by atoms with van der Waals surface area (Å²) >= 11 is 0. The molecule has 3 aromatic heterocycles. The Hall–Kier alpha value is -3.90. The van der Waals surface area contributed by atoms with Crippen LogP contribution in [0.5, 0.6) is 11.5 Å². The van der Waals surface area contributed by atoms with Crippen molar-refractivity contribution in [1.82, 2.24) is 34.4 Å². The predicted octanol–water partition coefficient (Wildman–Crippen LogP) is 2.58. The zero-order chi connectivity index (χ0) is 26.5. The molecule has 4 rings (SSSR count). The van der Waals surface area contributed by atoms with Crippen LogP contribution in [0.2, 0.25) is 0 Å². The van der Waals surface area contributed by atoms with E-state index in [4.69, 9.17) is 9.47 Å². The SMILES string of the molecule is COc1cccc(OC)c1-n1c(C[C@@H](c2ncc(C)cn2)[C@@H](C)N[SH](=O)=O)nnc1-c1cncc(C)c1. The fourth-order valence-electron chi connectivity index (χ4n) is 4.14. The molecular weight excluding hydrogens is 494 g/mol. The van der Waals surface area contributed by atoms with Crippen LogP contribution in [0.1, 0.15) is 35.6 Å². The van der Waals surface area contributed by atoms with E-state index in [1.165, 1.54) is 0 Å². The summed E-state index contributed by atoms with van der Waals surface area (Å²) in [7, 11) is 0.317. The molecule has 37 heavy (non-hydrogen) atoms. The van der Waals surface area contributed by atoms with Gasteiger partial charge in [0.15, 0.2) is 5.82 Å². The molecule has 0 saturated heterocycles. The van der Waals surface area contributed by atoms with Crippen molar-refractivity contribution >= 4 is 10.9 Å². The van der Waals surface area contributed by atoms with Crippen LogP contribution in [0, 0.1) is 13.8 Å². The van der Waals surface area contributed by atoms with Crippen molar-refractivity contribution in [2.45, 2.75) is 39.2 Å². The second kappa shape index (κ2) is 11.4. The minimum absolute atomic E-state index is 0.272. The van der Waals surface area contributed by atoms with Crippen LogP contribution in [0.25, 0.3) is 17.1 Å². The molecule has 0 amide bonds. The van der Waals surface area contributed by atoms with Gasteiger partial charge in [-0.1, -0.05) is 6.07 Å². The lowest BCUT2D eigenvalue weighted by atomic mass is 9.96. The van der Waals surface area contributed by atoms with Gasteiger partial charge in [0.2, 0.25) is 10.9 Å². The van der Waals surface area contributed by atoms with Crippen LogP contribution < -0.4 is 14.2 Å². The standard InChI is InChI=1S/C25H29N7O4S/c1-15-9-18(14-26-11-15)25-30-29-22(32(25)23-20(35-4)7-6-8-21(23)36-5)10-19(17(3)31-37(33)34)24-27-12-16(2)13-28-24/h6-9,11-14,17,19,37H,10H2,1-5H3,(H,31,33,34)/t17-,19-/m1/s1. The Morgan fingerprint density at radius 2 is 1.65 bits per heavy atom. The van der Waals surface area contributed by atoms with Gasteiger partial charge in [-0.25, -0.2) is 23.1 Å². The van der Waals surface area contributed by atoms with Crippen molar-refractivity contribution in [3.05, 3.63) is 71.8 Å². The predicted molar refractivity (Wildman–Crippen MR) is 139 cm³/mol. The molecule has 0 unspecified atom stereocenters. The van der Waals surface area contributed by atoms with Gasteiger partial charge in [0.05, 0.1) is 14.2 Å². The lowest BCUT2D eigenvalue weighted by Gasteiger charge is -2.23. The molecular formula is C25H29N7O4S. The first kappa shape index (κ1) is 26.2. The highest BCUT2D eigenvalue weighted by atomic mass is 32.2. The Balaban J connectivity index is 1.93. The summed E-state index contributed by atoms with van der Waals surface area (Å²) in [6.07, 6.45) is 7.16. The largest absolute Gasteiger partial charge is 0.494 e. The number of rotatable bonds is 10. The van der Waals surface area contributed by atoms with E-state index >= 15 is 0 Å². The summed E-state index contributed by atoms with van der Waals surface area (Å²) in [6.45, 7) is 5.61. The number of hydrogen-bond acceptors (Lipinski definition) is 9. The third-order valence-corrected chi connectivity index (χ3v) is 6.55. The Labute approximate surface area is 217 Å². The normalized spacial score (nSPS) is 12.9. The second-order valence-corrected chi connectivity index (χ2v) is 9.41.